The summed E-state index contributed by atoms with van der Waals surface area (Å²) in [5.41, 5.74) is 4.51. The van der Waals surface area contributed by atoms with Crippen LogP contribution < -0.4 is 5.32 Å². The van der Waals surface area contributed by atoms with Crippen LogP contribution in [-0.2, 0) is 6.54 Å². The highest BCUT2D eigenvalue weighted by Crippen LogP contribution is 2.23. The van der Waals surface area contributed by atoms with E-state index in [4.69, 9.17) is 0 Å². The second-order valence-electron chi connectivity index (χ2n) is 6.68. The van der Waals surface area contributed by atoms with Crippen LogP contribution in [0.4, 0.5) is 0 Å². The number of nitrogens with zero attached hydrogens (tertiary/aromatic N) is 1. The van der Waals surface area contributed by atoms with Crippen LogP contribution in [0.5, 0.6) is 0 Å². The Kier molecular flexibility index (Phi) is 4.87. The molecule has 1 aliphatic rings. The molecule has 0 radical (unpaired) electrons. The molecule has 0 aromatic heterocycles. The van der Waals surface area contributed by atoms with Crippen LogP contribution in [0.2, 0.25) is 0 Å². The lowest BCUT2D eigenvalue weighted by molar-refractivity contribution is 0.0755. The van der Waals surface area contributed by atoms with Gasteiger partial charge in [-0.25, -0.2) is 0 Å². The van der Waals surface area contributed by atoms with Crippen molar-refractivity contribution in [2.45, 2.75) is 65.6 Å². The van der Waals surface area contributed by atoms with Crippen LogP contribution in [0.3, 0.4) is 0 Å². The molecule has 2 rings (SSSR count). The van der Waals surface area contributed by atoms with E-state index in [2.05, 4.69) is 63.0 Å². The Hall–Kier alpha value is -0.860. The van der Waals surface area contributed by atoms with Gasteiger partial charge < -0.3 is 5.32 Å². The minimum Gasteiger partial charge on any atom is -0.309 e. The molecule has 1 aliphatic heterocycles. The number of nitrogens with one attached hydrogen (secondary N) is 1. The number of hydrogen-bond donors (Lipinski definition) is 1. The van der Waals surface area contributed by atoms with E-state index in [-0.39, 0.29) is 5.54 Å². The van der Waals surface area contributed by atoms with Crippen molar-refractivity contribution in [3.63, 3.8) is 0 Å². The number of benzene rings is 1. The maximum Gasteiger partial charge on any atom is 0.0278 e. The van der Waals surface area contributed by atoms with Gasteiger partial charge >= 0.3 is 0 Å². The van der Waals surface area contributed by atoms with Crippen LogP contribution in [0.15, 0.2) is 18.2 Å². The Bertz CT molecular complexity index is 455. The van der Waals surface area contributed by atoms with Crippen LogP contribution in [0, 0.1) is 13.8 Å². The Balaban J connectivity index is 2.13. The van der Waals surface area contributed by atoms with Gasteiger partial charge in [0.25, 0.3) is 0 Å². The molecular weight excluding hydrogens is 244 g/mol. The first-order valence-corrected chi connectivity index (χ1v) is 8.02. The van der Waals surface area contributed by atoms with E-state index >= 15 is 0 Å². The zero-order valence-electron chi connectivity index (χ0n) is 13.8. The zero-order chi connectivity index (χ0) is 14.8. The fraction of sp³-hybridized carbons (Fsp3) is 0.667. The second kappa shape index (κ2) is 6.28. The Morgan fingerprint density at radius 2 is 2.00 bits per heavy atom. The smallest absolute Gasteiger partial charge is 0.0278 e. The molecule has 1 saturated heterocycles. The minimum absolute atomic E-state index is 0.269. The van der Waals surface area contributed by atoms with Crippen molar-refractivity contribution in [2.75, 3.05) is 13.1 Å². The minimum atomic E-state index is 0.269. The molecule has 1 aromatic carbocycles. The van der Waals surface area contributed by atoms with Crippen LogP contribution in [0.1, 0.15) is 50.3 Å². The summed E-state index contributed by atoms with van der Waals surface area (Å²) in [6.45, 7) is 14.7. The van der Waals surface area contributed by atoms with E-state index in [0.29, 0.717) is 6.04 Å². The summed E-state index contributed by atoms with van der Waals surface area (Å²) in [4.78, 5) is 2.67. The fourth-order valence-electron chi connectivity index (χ4n) is 3.09. The molecule has 1 fully saturated rings. The van der Waals surface area contributed by atoms with E-state index in [9.17, 15) is 0 Å². The highest BCUT2D eigenvalue weighted by Gasteiger charge is 2.33. The molecule has 20 heavy (non-hydrogen) atoms. The number of rotatable bonds is 4. The van der Waals surface area contributed by atoms with Crippen LogP contribution in [-0.4, -0.2) is 29.6 Å². The maximum atomic E-state index is 3.74. The lowest BCUT2D eigenvalue weighted by atomic mass is 9.92. The second-order valence-corrected chi connectivity index (χ2v) is 6.68. The molecule has 112 valence electrons. The highest BCUT2D eigenvalue weighted by molar-refractivity contribution is 5.30. The van der Waals surface area contributed by atoms with Gasteiger partial charge in [0.1, 0.15) is 0 Å². The number of piperazine rings is 1. The molecule has 2 unspecified atom stereocenters. The third-order valence-electron chi connectivity index (χ3n) is 5.04. The van der Waals surface area contributed by atoms with Gasteiger partial charge in [-0.05, 0) is 50.3 Å². The summed E-state index contributed by atoms with van der Waals surface area (Å²) in [6.07, 6.45) is 2.41. The van der Waals surface area contributed by atoms with E-state index in [1.165, 1.54) is 29.5 Å². The average Bonchev–Trinajstić information content (AvgIpc) is 2.43. The monoisotopic (exact) mass is 274 g/mol. The van der Waals surface area contributed by atoms with Crippen molar-refractivity contribution in [3.8, 4) is 0 Å². The topological polar surface area (TPSA) is 15.3 Å². The van der Waals surface area contributed by atoms with Gasteiger partial charge in [0, 0.05) is 31.2 Å². The molecular formula is C18H30N2. The normalized spacial score (nSPS) is 27.8. The molecule has 1 N–H and O–H groups in total. The summed E-state index contributed by atoms with van der Waals surface area (Å²) in [5, 5.41) is 3.74. The quantitative estimate of drug-likeness (QED) is 0.901. The van der Waals surface area contributed by atoms with E-state index in [1.807, 2.05) is 0 Å². The van der Waals surface area contributed by atoms with Gasteiger partial charge in [0.15, 0.2) is 0 Å². The van der Waals surface area contributed by atoms with Gasteiger partial charge in [-0.2, -0.15) is 0 Å². The summed E-state index contributed by atoms with van der Waals surface area (Å²) >= 11 is 0. The lowest BCUT2D eigenvalue weighted by Gasteiger charge is -2.46. The summed E-state index contributed by atoms with van der Waals surface area (Å²) < 4.78 is 0. The largest absolute Gasteiger partial charge is 0.309 e. The van der Waals surface area contributed by atoms with Crippen molar-refractivity contribution in [1.82, 2.24) is 10.2 Å². The third kappa shape index (κ3) is 3.42. The Labute approximate surface area is 124 Å². The Morgan fingerprint density at radius 1 is 1.25 bits per heavy atom. The maximum absolute atomic E-state index is 3.74. The molecule has 0 amide bonds. The Morgan fingerprint density at radius 3 is 2.60 bits per heavy atom. The first-order chi connectivity index (χ1) is 9.47. The van der Waals surface area contributed by atoms with E-state index in [1.54, 1.807) is 0 Å². The molecule has 1 aromatic rings. The number of hydrogen-bond acceptors (Lipinski definition) is 2. The summed E-state index contributed by atoms with van der Waals surface area (Å²) in [5.74, 6) is 0. The van der Waals surface area contributed by atoms with Crippen molar-refractivity contribution in [2.24, 2.45) is 0 Å². The predicted molar refractivity (Wildman–Crippen MR) is 87.1 cm³/mol. The van der Waals surface area contributed by atoms with Gasteiger partial charge in [-0.3, -0.25) is 4.90 Å². The molecule has 2 atom stereocenters. The van der Waals surface area contributed by atoms with Crippen molar-refractivity contribution >= 4 is 0 Å². The highest BCUT2D eigenvalue weighted by atomic mass is 15.2. The van der Waals surface area contributed by atoms with Crippen LogP contribution in [0.25, 0.3) is 0 Å². The molecule has 0 spiro atoms. The standard InChI is InChI=1S/C18H30N2/c1-6-17-11-19-18(5,7-2)13-20(17)12-16-9-8-14(3)15(4)10-16/h8-10,17,19H,6-7,11-13H2,1-5H3. The van der Waals surface area contributed by atoms with Crippen LogP contribution >= 0.6 is 0 Å². The SMILES string of the molecule is CCC1CNC(C)(CC)CN1Cc1ccc(C)c(C)c1. The fourth-order valence-corrected chi connectivity index (χ4v) is 3.09. The molecule has 0 aliphatic carbocycles. The summed E-state index contributed by atoms with van der Waals surface area (Å²) in [7, 11) is 0. The van der Waals surface area contributed by atoms with Crippen molar-refractivity contribution in [1.29, 1.82) is 0 Å². The zero-order valence-corrected chi connectivity index (χ0v) is 13.8. The van der Waals surface area contributed by atoms with Crippen molar-refractivity contribution < 1.29 is 0 Å². The van der Waals surface area contributed by atoms with E-state index < -0.39 is 0 Å². The predicted octanol–water partition coefficient (Wildman–Crippen LogP) is 3.66. The number of aryl methyl sites for hydroxylation is 2. The molecule has 0 saturated carbocycles. The van der Waals surface area contributed by atoms with E-state index in [0.717, 1.165) is 19.6 Å². The van der Waals surface area contributed by atoms with Gasteiger partial charge in [0.05, 0.1) is 0 Å². The summed E-state index contributed by atoms with van der Waals surface area (Å²) in [6, 6.07) is 7.57. The third-order valence-corrected chi connectivity index (χ3v) is 5.04. The first-order valence-electron chi connectivity index (χ1n) is 8.02. The molecule has 2 heteroatoms. The molecule has 1 heterocycles. The van der Waals surface area contributed by atoms with Gasteiger partial charge in [-0.1, -0.05) is 32.0 Å². The molecule has 2 nitrogen and oxygen atoms in total. The average molecular weight is 274 g/mol. The molecule has 0 bridgehead atoms. The lowest BCUT2D eigenvalue weighted by Crippen LogP contribution is -2.62. The first kappa shape index (κ1) is 15.5. The van der Waals surface area contributed by atoms with Crippen molar-refractivity contribution in [3.05, 3.63) is 34.9 Å². The van der Waals surface area contributed by atoms with Gasteiger partial charge in [-0.15, -0.1) is 0 Å². The van der Waals surface area contributed by atoms with Gasteiger partial charge in [0.2, 0.25) is 0 Å².